The van der Waals surface area contributed by atoms with Crippen molar-refractivity contribution in [2.24, 2.45) is 11.7 Å². The van der Waals surface area contributed by atoms with Crippen molar-refractivity contribution in [1.82, 2.24) is 5.32 Å². The fraction of sp³-hybridized carbons (Fsp3) is 0.615. The van der Waals surface area contributed by atoms with Crippen molar-refractivity contribution in [1.29, 1.82) is 0 Å². The first-order chi connectivity index (χ1) is 8.70. The molecule has 19 heavy (non-hydrogen) atoms. The Bertz CT molecular complexity index is 405. The Labute approximate surface area is 128 Å². The van der Waals surface area contributed by atoms with Gasteiger partial charge in [-0.2, -0.15) is 0 Å². The van der Waals surface area contributed by atoms with Gasteiger partial charge in [0.2, 0.25) is 0 Å². The van der Waals surface area contributed by atoms with Gasteiger partial charge in [-0.25, -0.2) is 0 Å². The molecule has 0 aromatic carbocycles. The third-order valence-corrected chi connectivity index (χ3v) is 4.01. The summed E-state index contributed by atoms with van der Waals surface area (Å²) in [6.45, 7) is 0.484. The van der Waals surface area contributed by atoms with E-state index in [9.17, 15) is 4.79 Å². The number of nitrogens with one attached hydrogen (secondary N) is 1. The zero-order chi connectivity index (χ0) is 13.0. The van der Waals surface area contributed by atoms with Gasteiger partial charge in [-0.05, 0) is 46.8 Å². The third-order valence-electron chi connectivity index (χ3n) is 3.59. The zero-order valence-corrected chi connectivity index (χ0v) is 13.1. The first-order valence-corrected chi connectivity index (χ1v) is 7.26. The highest BCUT2D eigenvalue weighted by atomic mass is 79.9. The average Bonchev–Trinajstić information content (AvgIpc) is 2.83. The summed E-state index contributed by atoms with van der Waals surface area (Å²) in [7, 11) is 0. The number of hydrogen-bond donors (Lipinski definition) is 2. The molecule has 1 saturated carbocycles. The van der Waals surface area contributed by atoms with Crippen LogP contribution < -0.4 is 11.1 Å². The lowest BCUT2D eigenvalue weighted by atomic mass is 9.84. The molecule has 1 atom stereocenters. The van der Waals surface area contributed by atoms with Crippen molar-refractivity contribution < 1.29 is 9.21 Å². The first kappa shape index (κ1) is 16.5. The number of furan rings is 1. The summed E-state index contributed by atoms with van der Waals surface area (Å²) in [6, 6.07) is 3.43. The van der Waals surface area contributed by atoms with Crippen LogP contribution in [0.15, 0.2) is 21.2 Å². The Balaban J connectivity index is 0.00000180. The van der Waals surface area contributed by atoms with E-state index in [2.05, 4.69) is 21.2 Å². The fourth-order valence-electron chi connectivity index (χ4n) is 2.58. The molecule has 1 unspecified atom stereocenters. The number of rotatable bonds is 4. The smallest absolute Gasteiger partial charge is 0.287 e. The Morgan fingerprint density at radius 3 is 2.63 bits per heavy atom. The molecule has 1 aliphatic carbocycles. The number of halogens is 2. The van der Waals surface area contributed by atoms with Crippen molar-refractivity contribution in [3.63, 3.8) is 0 Å². The summed E-state index contributed by atoms with van der Waals surface area (Å²) in [5, 5.41) is 2.99. The van der Waals surface area contributed by atoms with Crippen LogP contribution in [0.4, 0.5) is 0 Å². The number of carbonyl (C=O) groups excluding carboxylic acids is 1. The summed E-state index contributed by atoms with van der Waals surface area (Å²) in [6.07, 6.45) is 6.09. The predicted octanol–water partition coefficient (Wildman–Crippen LogP) is 3.10. The monoisotopic (exact) mass is 350 g/mol. The van der Waals surface area contributed by atoms with Crippen molar-refractivity contribution >= 4 is 34.2 Å². The Hall–Kier alpha value is -0.520. The first-order valence-electron chi connectivity index (χ1n) is 6.47. The summed E-state index contributed by atoms with van der Waals surface area (Å²) >= 11 is 3.19. The summed E-state index contributed by atoms with van der Waals surface area (Å²) in [5.41, 5.74) is 5.78. The van der Waals surface area contributed by atoms with E-state index in [0.717, 1.165) is 12.8 Å². The van der Waals surface area contributed by atoms with E-state index in [0.29, 0.717) is 22.9 Å². The van der Waals surface area contributed by atoms with Gasteiger partial charge in [0.15, 0.2) is 10.4 Å². The van der Waals surface area contributed by atoms with Crippen molar-refractivity contribution in [3.05, 3.63) is 22.6 Å². The molecule has 1 amide bonds. The lowest BCUT2D eigenvalue weighted by Gasteiger charge is -2.29. The van der Waals surface area contributed by atoms with Crippen LogP contribution in [0.2, 0.25) is 0 Å². The molecule has 1 fully saturated rings. The van der Waals surface area contributed by atoms with Crippen LogP contribution in [0, 0.1) is 5.92 Å². The fourth-order valence-corrected chi connectivity index (χ4v) is 2.89. The molecular weight excluding hydrogens is 332 g/mol. The van der Waals surface area contributed by atoms with Gasteiger partial charge in [0.05, 0.1) is 0 Å². The topological polar surface area (TPSA) is 68.3 Å². The van der Waals surface area contributed by atoms with Crippen LogP contribution in [0.25, 0.3) is 0 Å². The van der Waals surface area contributed by atoms with Gasteiger partial charge < -0.3 is 15.5 Å². The van der Waals surface area contributed by atoms with Gasteiger partial charge in [-0.3, -0.25) is 4.79 Å². The molecule has 0 saturated heterocycles. The van der Waals surface area contributed by atoms with Gasteiger partial charge in [-0.15, -0.1) is 12.4 Å². The third kappa shape index (κ3) is 4.51. The standard InChI is InChI=1S/C13H19BrN2O2.ClH/c14-12-7-6-11(18-12)13(17)16-10(8-15)9-4-2-1-3-5-9;/h6-7,9-10H,1-5,8,15H2,(H,16,17);1H. The lowest BCUT2D eigenvalue weighted by molar-refractivity contribution is 0.0886. The van der Waals surface area contributed by atoms with E-state index in [1.807, 2.05) is 0 Å². The minimum Gasteiger partial charge on any atom is -0.444 e. The van der Waals surface area contributed by atoms with E-state index in [-0.39, 0.29) is 24.4 Å². The van der Waals surface area contributed by atoms with Crippen LogP contribution >= 0.6 is 28.3 Å². The summed E-state index contributed by atoms with van der Waals surface area (Å²) in [4.78, 5) is 12.0. The minimum atomic E-state index is -0.179. The molecule has 0 aliphatic heterocycles. The molecule has 2 rings (SSSR count). The maximum atomic E-state index is 12.0. The minimum absolute atomic E-state index is 0. The van der Waals surface area contributed by atoms with Crippen LogP contribution in [-0.4, -0.2) is 18.5 Å². The maximum Gasteiger partial charge on any atom is 0.287 e. The highest BCUT2D eigenvalue weighted by Gasteiger charge is 2.25. The molecule has 0 spiro atoms. The summed E-state index contributed by atoms with van der Waals surface area (Å²) < 4.78 is 5.81. The van der Waals surface area contributed by atoms with Gasteiger partial charge in [0.25, 0.3) is 5.91 Å². The van der Waals surface area contributed by atoms with Crippen LogP contribution in [0.3, 0.4) is 0 Å². The second-order valence-electron chi connectivity index (χ2n) is 4.82. The van der Waals surface area contributed by atoms with Gasteiger partial charge in [-0.1, -0.05) is 19.3 Å². The van der Waals surface area contributed by atoms with Crippen LogP contribution in [-0.2, 0) is 0 Å². The molecule has 3 N–H and O–H groups in total. The largest absolute Gasteiger partial charge is 0.444 e. The number of amides is 1. The molecule has 1 aromatic heterocycles. The highest BCUT2D eigenvalue weighted by Crippen LogP contribution is 2.26. The average molecular weight is 352 g/mol. The molecule has 0 bridgehead atoms. The number of hydrogen-bond acceptors (Lipinski definition) is 3. The molecule has 1 aromatic rings. The second kappa shape index (κ2) is 7.92. The molecule has 4 nitrogen and oxygen atoms in total. The van der Waals surface area contributed by atoms with E-state index in [4.69, 9.17) is 10.2 Å². The molecule has 6 heteroatoms. The number of nitrogens with two attached hydrogens (primary N) is 1. The second-order valence-corrected chi connectivity index (χ2v) is 5.60. The van der Waals surface area contributed by atoms with Gasteiger partial charge in [0.1, 0.15) is 0 Å². The molecule has 1 aliphatic rings. The SMILES string of the molecule is Cl.NCC(NC(=O)c1ccc(Br)o1)C1CCCCC1. The lowest BCUT2D eigenvalue weighted by Crippen LogP contribution is -2.45. The Morgan fingerprint density at radius 1 is 1.42 bits per heavy atom. The summed E-state index contributed by atoms with van der Waals surface area (Å²) in [5.74, 6) is 0.656. The zero-order valence-electron chi connectivity index (χ0n) is 10.7. The Morgan fingerprint density at radius 2 is 2.11 bits per heavy atom. The van der Waals surface area contributed by atoms with Gasteiger partial charge >= 0.3 is 0 Å². The van der Waals surface area contributed by atoms with Crippen LogP contribution in [0.5, 0.6) is 0 Å². The van der Waals surface area contributed by atoms with Crippen molar-refractivity contribution in [2.45, 2.75) is 38.1 Å². The van der Waals surface area contributed by atoms with Crippen molar-refractivity contribution in [3.8, 4) is 0 Å². The molecular formula is C13H20BrClN2O2. The normalized spacial score (nSPS) is 17.6. The van der Waals surface area contributed by atoms with E-state index in [1.54, 1.807) is 12.1 Å². The molecule has 0 radical (unpaired) electrons. The molecule has 1 heterocycles. The van der Waals surface area contributed by atoms with E-state index < -0.39 is 0 Å². The quantitative estimate of drug-likeness (QED) is 0.876. The highest BCUT2D eigenvalue weighted by molar-refractivity contribution is 9.10. The van der Waals surface area contributed by atoms with E-state index in [1.165, 1.54) is 19.3 Å². The van der Waals surface area contributed by atoms with Crippen LogP contribution in [0.1, 0.15) is 42.7 Å². The number of carbonyl (C=O) groups is 1. The van der Waals surface area contributed by atoms with Gasteiger partial charge in [0, 0.05) is 12.6 Å². The van der Waals surface area contributed by atoms with E-state index >= 15 is 0 Å². The maximum absolute atomic E-state index is 12.0. The molecule has 108 valence electrons. The Kier molecular flexibility index (Phi) is 6.89. The predicted molar refractivity (Wildman–Crippen MR) is 80.5 cm³/mol. The van der Waals surface area contributed by atoms with Crippen molar-refractivity contribution in [2.75, 3.05) is 6.54 Å².